The zero-order chi connectivity index (χ0) is 19.6. The summed E-state index contributed by atoms with van der Waals surface area (Å²) < 4.78 is 5.55. The molecule has 1 aliphatic rings. The van der Waals surface area contributed by atoms with Gasteiger partial charge in [-0.3, -0.25) is 14.9 Å². The van der Waals surface area contributed by atoms with Crippen molar-refractivity contribution in [2.24, 2.45) is 4.99 Å². The number of halogens is 1. The van der Waals surface area contributed by atoms with Crippen molar-refractivity contribution in [2.75, 3.05) is 45.9 Å². The first-order valence-electron chi connectivity index (χ1n) is 10.1. The number of ether oxygens (including phenoxy) is 1. The maximum Gasteiger partial charge on any atom is 0.191 e. The fourth-order valence-corrected chi connectivity index (χ4v) is 4.29. The van der Waals surface area contributed by atoms with E-state index in [-0.39, 0.29) is 24.0 Å². The number of aliphatic imine (C=N–C) groups is 1. The van der Waals surface area contributed by atoms with Gasteiger partial charge in [-0.05, 0) is 38.1 Å². The van der Waals surface area contributed by atoms with E-state index in [1.165, 1.54) is 9.75 Å². The van der Waals surface area contributed by atoms with Crippen LogP contribution >= 0.6 is 35.3 Å². The van der Waals surface area contributed by atoms with E-state index in [2.05, 4.69) is 52.6 Å². The number of pyridine rings is 1. The molecule has 0 amide bonds. The number of aryl methyl sites for hydroxylation is 1. The first-order valence-corrected chi connectivity index (χ1v) is 10.9. The molecule has 1 atom stereocenters. The molecule has 1 fully saturated rings. The van der Waals surface area contributed by atoms with Crippen LogP contribution in [0.5, 0.6) is 0 Å². The summed E-state index contributed by atoms with van der Waals surface area (Å²) >= 11 is 1.87. The Morgan fingerprint density at radius 2 is 2.07 bits per heavy atom. The molecule has 29 heavy (non-hydrogen) atoms. The number of aromatic nitrogens is 1. The molecule has 1 aliphatic heterocycles. The molecule has 0 aromatic carbocycles. The second-order valence-corrected chi connectivity index (χ2v) is 8.15. The zero-order valence-corrected chi connectivity index (χ0v) is 20.4. The molecule has 6 nitrogen and oxygen atoms in total. The van der Waals surface area contributed by atoms with Crippen LogP contribution in [0.25, 0.3) is 0 Å². The molecule has 0 aliphatic carbocycles. The average Bonchev–Trinajstić information content (AvgIpc) is 3.16. The van der Waals surface area contributed by atoms with Crippen molar-refractivity contribution in [1.29, 1.82) is 0 Å². The fourth-order valence-electron chi connectivity index (χ4n) is 3.28. The van der Waals surface area contributed by atoms with Crippen molar-refractivity contribution in [3.63, 3.8) is 0 Å². The van der Waals surface area contributed by atoms with Crippen molar-refractivity contribution < 1.29 is 4.74 Å². The van der Waals surface area contributed by atoms with E-state index >= 15 is 0 Å². The minimum atomic E-state index is 0. The van der Waals surface area contributed by atoms with Gasteiger partial charge in [-0.25, -0.2) is 0 Å². The molecule has 2 aromatic heterocycles. The molecule has 2 aromatic rings. The molecule has 160 valence electrons. The molecule has 1 unspecified atom stereocenters. The van der Waals surface area contributed by atoms with E-state index in [0.29, 0.717) is 6.04 Å². The van der Waals surface area contributed by atoms with Crippen molar-refractivity contribution >= 4 is 41.3 Å². The lowest BCUT2D eigenvalue weighted by atomic mass is 10.2. The van der Waals surface area contributed by atoms with Gasteiger partial charge in [-0.15, -0.1) is 35.3 Å². The summed E-state index contributed by atoms with van der Waals surface area (Å²) in [6.45, 7) is 10.2. The quantitative estimate of drug-likeness (QED) is 0.313. The molecule has 1 saturated heterocycles. The molecule has 8 heteroatoms. The monoisotopic (exact) mass is 529 g/mol. The summed E-state index contributed by atoms with van der Waals surface area (Å²) in [6, 6.07) is 10.8. The summed E-state index contributed by atoms with van der Waals surface area (Å²) in [7, 11) is 0. The highest BCUT2D eigenvalue weighted by Crippen LogP contribution is 2.28. The van der Waals surface area contributed by atoms with Gasteiger partial charge in [0.25, 0.3) is 0 Å². The van der Waals surface area contributed by atoms with Gasteiger partial charge >= 0.3 is 0 Å². The number of hydrogen-bond donors (Lipinski definition) is 2. The van der Waals surface area contributed by atoms with Gasteiger partial charge < -0.3 is 15.4 Å². The van der Waals surface area contributed by atoms with Crippen LogP contribution in [0.1, 0.15) is 28.4 Å². The minimum absolute atomic E-state index is 0. The number of guanidine groups is 1. The van der Waals surface area contributed by atoms with Crippen LogP contribution in [0.2, 0.25) is 0 Å². The highest BCUT2D eigenvalue weighted by molar-refractivity contribution is 14.0. The van der Waals surface area contributed by atoms with Crippen LogP contribution in [0.15, 0.2) is 41.5 Å². The number of rotatable bonds is 8. The normalized spacial score (nSPS) is 16.1. The zero-order valence-electron chi connectivity index (χ0n) is 17.3. The summed E-state index contributed by atoms with van der Waals surface area (Å²) in [4.78, 5) is 14.5. The number of hydrogen-bond acceptors (Lipinski definition) is 5. The third-order valence-corrected chi connectivity index (χ3v) is 5.84. The molecular weight excluding hydrogens is 497 g/mol. The third kappa shape index (κ3) is 7.84. The fraction of sp³-hybridized carbons (Fsp3) is 0.524. The Balaban J connectivity index is 0.00000300. The lowest BCUT2D eigenvalue weighted by molar-refractivity contribution is 0.0186. The van der Waals surface area contributed by atoms with E-state index < -0.39 is 0 Å². The smallest absolute Gasteiger partial charge is 0.191 e. The molecule has 3 heterocycles. The second kappa shape index (κ2) is 13.1. The molecule has 0 bridgehead atoms. The van der Waals surface area contributed by atoms with E-state index in [1.54, 1.807) is 0 Å². The first kappa shape index (κ1) is 24.0. The maximum absolute atomic E-state index is 5.55. The van der Waals surface area contributed by atoms with Gasteiger partial charge in [0, 0.05) is 54.2 Å². The SMILES string of the molecule is CCNC(=NCC(c1ccc(C)s1)N1CCOCC1)NCCc1ccccn1.I. The first-order chi connectivity index (χ1) is 13.8. The van der Waals surface area contributed by atoms with Crippen molar-refractivity contribution in [2.45, 2.75) is 26.3 Å². The Labute approximate surface area is 195 Å². The van der Waals surface area contributed by atoms with Crippen molar-refractivity contribution in [3.8, 4) is 0 Å². The van der Waals surface area contributed by atoms with Crippen molar-refractivity contribution in [1.82, 2.24) is 20.5 Å². The Kier molecular flexibility index (Phi) is 10.9. The largest absolute Gasteiger partial charge is 0.379 e. The van der Waals surface area contributed by atoms with Crippen LogP contribution in [0.4, 0.5) is 0 Å². The van der Waals surface area contributed by atoms with Gasteiger partial charge in [0.2, 0.25) is 0 Å². The van der Waals surface area contributed by atoms with E-state index in [1.807, 2.05) is 29.7 Å². The maximum atomic E-state index is 5.55. The minimum Gasteiger partial charge on any atom is -0.379 e. The van der Waals surface area contributed by atoms with Crippen LogP contribution in [-0.4, -0.2) is 61.8 Å². The second-order valence-electron chi connectivity index (χ2n) is 6.83. The van der Waals surface area contributed by atoms with Gasteiger partial charge in [0.05, 0.1) is 25.8 Å². The van der Waals surface area contributed by atoms with Crippen LogP contribution in [-0.2, 0) is 11.2 Å². The predicted octanol–water partition coefficient (Wildman–Crippen LogP) is 3.24. The van der Waals surface area contributed by atoms with Gasteiger partial charge in [-0.2, -0.15) is 0 Å². The summed E-state index contributed by atoms with van der Waals surface area (Å²) in [5, 5.41) is 6.81. The number of thiophene rings is 1. The Morgan fingerprint density at radius 3 is 2.72 bits per heavy atom. The number of nitrogens with one attached hydrogen (secondary N) is 2. The standard InChI is InChI=1S/C21H31N5OS.HI/c1-3-22-21(24-11-9-18-6-4-5-10-23-18)25-16-19(20-8-7-17(2)28-20)26-12-14-27-15-13-26;/h4-8,10,19H,3,9,11-16H2,1-2H3,(H2,22,24,25);1H. The predicted molar refractivity (Wildman–Crippen MR) is 132 cm³/mol. The molecule has 0 saturated carbocycles. The molecule has 0 spiro atoms. The highest BCUT2D eigenvalue weighted by atomic mass is 127. The van der Waals surface area contributed by atoms with Crippen LogP contribution in [0.3, 0.4) is 0 Å². The topological polar surface area (TPSA) is 61.8 Å². The van der Waals surface area contributed by atoms with E-state index in [9.17, 15) is 0 Å². The van der Waals surface area contributed by atoms with Crippen LogP contribution in [0, 0.1) is 6.92 Å². The van der Waals surface area contributed by atoms with Crippen molar-refractivity contribution in [3.05, 3.63) is 52.0 Å². The Bertz CT molecular complexity index is 734. The Morgan fingerprint density at radius 1 is 1.24 bits per heavy atom. The summed E-state index contributed by atoms with van der Waals surface area (Å²) in [5.74, 6) is 0.866. The average molecular weight is 529 g/mol. The Hall–Kier alpha value is -1.23. The number of nitrogens with zero attached hydrogens (tertiary/aromatic N) is 3. The van der Waals surface area contributed by atoms with Gasteiger partial charge in [0.1, 0.15) is 0 Å². The molecular formula is C21H32IN5OS. The lowest BCUT2D eigenvalue weighted by Gasteiger charge is -2.33. The molecule has 3 rings (SSSR count). The number of morpholine rings is 1. The highest BCUT2D eigenvalue weighted by Gasteiger charge is 2.23. The molecule has 2 N–H and O–H groups in total. The van der Waals surface area contributed by atoms with Gasteiger partial charge in [0.15, 0.2) is 5.96 Å². The summed E-state index contributed by atoms with van der Waals surface area (Å²) in [5.41, 5.74) is 1.09. The third-order valence-electron chi connectivity index (χ3n) is 4.74. The summed E-state index contributed by atoms with van der Waals surface area (Å²) in [6.07, 6.45) is 2.72. The van der Waals surface area contributed by atoms with E-state index in [0.717, 1.165) is 64.0 Å². The lowest BCUT2D eigenvalue weighted by Crippen LogP contribution is -2.42. The molecule has 0 radical (unpaired) electrons. The van der Waals surface area contributed by atoms with Crippen LogP contribution < -0.4 is 10.6 Å². The van der Waals surface area contributed by atoms with Gasteiger partial charge in [-0.1, -0.05) is 6.07 Å². The van der Waals surface area contributed by atoms with E-state index in [4.69, 9.17) is 9.73 Å².